The summed E-state index contributed by atoms with van der Waals surface area (Å²) < 4.78 is 10.8. The quantitative estimate of drug-likeness (QED) is 0.427. The van der Waals surface area contributed by atoms with E-state index in [2.05, 4.69) is 5.32 Å². The number of nitrogens with one attached hydrogen (secondary N) is 1. The summed E-state index contributed by atoms with van der Waals surface area (Å²) >= 11 is 2.67. The molecule has 1 N–H and O–H groups in total. The molecule has 1 aliphatic heterocycles. The van der Waals surface area contributed by atoms with Crippen LogP contribution in [0, 0.1) is 11.8 Å². The summed E-state index contributed by atoms with van der Waals surface area (Å²) in [5.74, 6) is -0.230. The van der Waals surface area contributed by atoms with Crippen molar-refractivity contribution in [3.8, 4) is 0 Å². The summed E-state index contributed by atoms with van der Waals surface area (Å²) in [6.07, 6.45) is 3.25. The first-order chi connectivity index (χ1) is 16.5. The van der Waals surface area contributed by atoms with Gasteiger partial charge in [0.2, 0.25) is 5.91 Å². The molecule has 1 fully saturated rings. The highest BCUT2D eigenvalue weighted by Crippen LogP contribution is 2.29. The zero-order valence-electron chi connectivity index (χ0n) is 19.8. The second kappa shape index (κ2) is 13.7. The number of rotatable bonds is 12. The van der Waals surface area contributed by atoms with Crippen molar-refractivity contribution < 1.29 is 23.9 Å². The number of hydrogen-bond donors (Lipinski definition) is 1. The third-order valence-corrected chi connectivity index (χ3v) is 7.92. The Morgan fingerprint density at radius 2 is 2.00 bits per heavy atom. The lowest BCUT2D eigenvalue weighted by molar-refractivity contribution is -0.148. The lowest BCUT2D eigenvalue weighted by atomic mass is 9.99. The van der Waals surface area contributed by atoms with Crippen LogP contribution in [0.1, 0.15) is 48.0 Å². The minimum Gasteiger partial charge on any atom is -0.464 e. The predicted molar refractivity (Wildman–Crippen MR) is 136 cm³/mol. The molecule has 0 spiro atoms. The maximum Gasteiger partial charge on any atom is 0.334 e. The Labute approximate surface area is 209 Å². The molecule has 0 aliphatic carbocycles. The fraction of sp³-hybridized carbons (Fsp3) is 0.500. The van der Waals surface area contributed by atoms with Gasteiger partial charge in [-0.2, -0.15) is 0 Å². The number of aryl methyl sites for hydroxylation is 1. The summed E-state index contributed by atoms with van der Waals surface area (Å²) in [7, 11) is 0. The van der Waals surface area contributed by atoms with Crippen molar-refractivity contribution in [3.63, 3.8) is 0 Å². The van der Waals surface area contributed by atoms with Gasteiger partial charge in [0, 0.05) is 41.6 Å². The SMILES string of the molecule is CCOC(=O)C(NC(=O)C(CCc1ccccc1)CSC(C)=O)c1ccc(CC2CCOC2)s1. The minimum atomic E-state index is -0.854. The highest BCUT2D eigenvalue weighted by Gasteiger charge is 2.30. The van der Waals surface area contributed by atoms with E-state index in [4.69, 9.17) is 9.47 Å². The molecule has 34 heavy (non-hydrogen) atoms. The largest absolute Gasteiger partial charge is 0.464 e. The van der Waals surface area contributed by atoms with E-state index in [-0.39, 0.29) is 17.6 Å². The molecular formula is C26H33NO5S2. The smallest absolute Gasteiger partial charge is 0.334 e. The number of ether oxygens (including phenoxy) is 2. The summed E-state index contributed by atoms with van der Waals surface area (Å²) in [5, 5.41) is 2.90. The molecule has 1 saturated heterocycles. The van der Waals surface area contributed by atoms with Crippen molar-refractivity contribution >= 4 is 40.1 Å². The first kappa shape index (κ1) is 26.4. The summed E-state index contributed by atoms with van der Waals surface area (Å²) in [4.78, 5) is 39.6. The van der Waals surface area contributed by atoms with E-state index in [9.17, 15) is 14.4 Å². The van der Waals surface area contributed by atoms with Gasteiger partial charge in [0.15, 0.2) is 11.2 Å². The molecule has 2 heterocycles. The van der Waals surface area contributed by atoms with Gasteiger partial charge in [0.05, 0.1) is 6.61 Å². The van der Waals surface area contributed by atoms with Gasteiger partial charge < -0.3 is 14.8 Å². The molecule has 3 rings (SSSR count). The Kier molecular flexibility index (Phi) is 10.6. The Balaban J connectivity index is 1.71. The van der Waals surface area contributed by atoms with Crippen LogP contribution in [-0.4, -0.2) is 42.6 Å². The van der Waals surface area contributed by atoms with Crippen LogP contribution in [-0.2, 0) is 36.7 Å². The maximum absolute atomic E-state index is 13.3. The van der Waals surface area contributed by atoms with Gasteiger partial charge in [-0.1, -0.05) is 42.1 Å². The van der Waals surface area contributed by atoms with E-state index < -0.39 is 17.9 Å². The van der Waals surface area contributed by atoms with Crippen molar-refractivity contribution in [1.82, 2.24) is 5.32 Å². The Hall–Kier alpha value is -2.16. The zero-order chi connectivity index (χ0) is 24.3. The molecular weight excluding hydrogens is 470 g/mol. The van der Waals surface area contributed by atoms with E-state index in [1.165, 1.54) is 23.1 Å². The van der Waals surface area contributed by atoms with Crippen molar-refractivity contribution in [2.75, 3.05) is 25.6 Å². The van der Waals surface area contributed by atoms with Gasteiger partial charge in [-0.3, -0.25) is 9.59 Å². The molecule has 3 unspecified atom stereocenters. The summed E-state index contributed by atoms with van der Waals surface area (Å²) in [6.45, 7) is 5.05. The average Bonchev–Trinajstić information content (AvgIpc) is 3.50. The number of amides is 1. The second-order valence-corrected chi connectivity index (χ2v) is 10.9. The molecule has 1 amide bonds. The van der Waals surface area contributed by atoms with Crippen LogP contribution in [0.5, 0.6) is 0 Å². The fourth-order valence-corrected chi connectivity index (χ4v) is 5.83. The van der Waals surface area contributed by atoms with Crippen LogP contribution < -0.4 is 5.32 Å². The normalized spacial score (nSPS) is 17.2. The van der Waals surface area contributed by atoms with E-state index in [0.29, 0.717) is 24.5 Å². The van der Waals surface area contributed by atoms with E-state index in [0.717, 1.165) is 48.3 Å². The molecule has 2 aromatic rings. The van der Waals surface area contributed by atoms with Crippen molar-refractivity contribution in [2.24, 2.45) is 11.8 Å². The topological polar surface area (TPSA) is 81.7 Å². The predicted octanol–water partition coefficient (Wildman–Crippen LogP) is 4.58. The maximum atomic E-state index is 13.3. The molecule has 1 aromatic heterocycles. The standard InChI is InChI=1S/C26H33NO5S2/c1-3-32-26(30)24(23-12-11-22(34-23)15-20-13-14-31-16-20)27-25(29)21(17-33-18(2)28)10-9-19-7-5-4-6-8-19/h4-8,11-12,20-21,24H,3,9-10,13-17H2,1-2H3,(H,27,29). The average molecular weight is 504 g/mol. The van der Waals surface area contributed by atoms with Crippen LogP contribution in [0.15, 0.2) is 42.5 Å². The fourth-order valence-electron chi connectivity index (χ4n) is 3.91. The van der Waals surface area contributed by atoms with Gasteiger partial charge >= 0.3 is 5.97 Å². The molecule has 6 nitrogen and oxygen atoms in total. The van der Waals surface area contributed by atoms with Crippen molar-refractivity contribution in [1.29, 1.82) is 0 Å². The monoisotopic (exact) mass is 503 g/mol. The van der Waals surface area contributed by atoms with Crippen LogP contribution in [0.4, 0.5) is 0 Å². The van der Waals surface area contributed by atoms with Crippen molar-refractivity contribution in [2.45, 2.75) is 45.6 Å². The third-order valence-electron chi connectivity index (χ3n) is 5.77. The third kappa shape index (κ3) is 8.25. The van der Waals surface area contributed by atoms with Gasteiger partial charge in [0.1, 0.15) is 0 Å². The van der Waals surface area contributed by atoms with Crippen LogP contribution in [0.25, 0.3) is 0 Å². The van der Waals surface area contributed by atoms with Crippen molar-refractivity contribution in [3.05, 3.63) is 57.8 Å². The number of esters is 1. The van der Waals surface area contributed by atoms with Gasteiger partial charge in [-0.25, -0.2) is 4.79 Å². The molecule has 1 aromatic carbocycles. The lowest BCUT2D eigenvalue weighted by Crippen LogP contribution is -2.39. The van der Waals surface area contributed by atoms with Gasteiger partial charge in [-0.15, -0.1) is 11.3 Å². The van der Waals surface area contributed by atoms with Gasteiger partial charge in [-0.05, 0) is 56.2 Å². The zero-order valence-corrected chi connectivity index (χ0v) is 21.4. The Morgan fingerprint density at radius 3 is 2.68 bits per heavy atom. The first-order valence-electron chi connectivity index (χ1n) is 11.8. The number of hydrogen-bond acceptors (Lipinski definition) is 7. The highest BCUT2D eigenvalue weighted by atomic mass is 32.2. The summed E-state index contributed by atoms with van der Waals surface area (Å²) in [6, 6.07) is 13.0. The van der Waals surface area contributed by atoms with Crippen LogP contribution >= 0.6 is 23.1 Å². The number of thiophene rings is 1. The number of benzene rings is 1. The summed E-state index contributed by atoms with van der Waals surface area (Å²) in [5.41, 5.74) is 1.13. The molecule has 184 valence electrons. The molecule has 0 saturated carbocycles. The number of carbonyl (C=O) groups is 3. The number of carbonyl (C=O) groups excluding carboxylic acids is 3. The lowest BCUT2D eigenvalue weighted by Gasteiger charge is -2.21. The molecule has 0 radical (unpaired) electrons. The number of thioether (sulfide) groups is 1. The van der Waals surface area contributed by atoms with Crippen LogP contribution in [0.2, 0.25) is 0 Å². The molecule has 0 bridgehead atoms. The van der Waals surface area contributed by atoms with E-state index in [1.54, 1.807) is 6.92 Å². The first-order valence-corrected chi connectivity index (χ1v) is 13.6. The van der Waals surface area contributed by atoms with E-state index >= 15 is 0 Å². The highest BCUT2D eigenvalue weighted by molar-refractivity contribution is 8.13. The second-order valence-electron chi connectivity index (χ2n) is 8.46. The minimum absolute atomic E-state index is 0.0294. The molecule has 8 heteroatoms. The van der Waals surface area contributed by atoms with Gasteiger partial charge in [0.25, 0.3) is 0 Å². The molecule has 1 aliphatic rings. The Morgan fingerprint density at radius 1 is 1.21 bits per heavy atom. The molecule has 3 atom stereocenters. The Bertz CT molecular complexity index is 940. The van der Waals surface area contributed by atoms with Crippen LogP contribution in [0.3, 0.4) is 0 Å². The van der Waals surface area contributed by atoms with E-state index in [1.807, 2.05) is 42.5 Å².